The summed E-state index contributed by atoms with van der Waals surface area (Å²) in [4.78, 5) is 30.1. The second kappa shape index (κ2) is 10.00. The summed E-state index contributed by atoms with van der Waals surface area (Å²) < 4.78 is 10.1. The summed E-state index contributed by atoms with van der Waals surface area (Å²) in [5.41, 5.74) is 6.79. The quantitative estimate of drug-likeness (QED) is 0.623. The number of hydrogen-bond acceptors (Lipinski definition) is 4. The molecule has 0 aromatic carbocycles. The van der Waals surface area contributed by atoms with Gasteiger partial charge in [-0.05, 0) is 62.8 Å². The third-order valence-corrected chi connectivity index (χ3v) is 4.73. The van der Waals surface area contributed by atoms with Crippen LogP contribution in [-0.4, -0.2) is 35.1 Å². The van der Waals surface area contributed by atoms with Crippen LogP contribution >= 0.6 is 0 Å². The first-order valence-electron chi connectivity index (χ1n) is 9.58. The molecule has 0 aliphatic heterocycles. The van der Waals surface area contributed by atoms with E-state index in [4.69, 9.17) is 9.47 Å². The number of nitrogens with one attached hydrogen (secondary N) is 2. The number of H-pyrrole nitrogens is 2. The molecule has 0 fully saturated rings. The topological polar surface area (TPSA) is 84.2 Å². The standard InChI is InChI=1S/C21H30N2O4/c1-5-26-20(24)9-7-16-14(3)12-22-18(16)11-19-17(15(4)13-23-19)8-10-21(25)27-6-2/h12-13,22-23H,5-11H2,1-4H3. The van der Waals surface area contributed by atoms with Crippen molar-refractivity contribution >= 4 is 11.9 Å². The summed E-state index contributed by atoms with van der Waals surface area (Å²) >= 11 is 0. The molecule has 0 atom stereocenters. The van der Waals surface area contributed by atoms with Crippen molar-refractivity contribution in [3.05, 3.63) is 46.0 Å². The average Bonchev–Trinajstić information content (AvgIpc) is 3.15. The van der Waals surface area contributed by atoms with Gasteiger partial charge in [-0.15, -0.1) is 0 Å². The summed E-state index contributed by atoms with van der Waals surface area (Å²) in [6.07, 6.45) is 6.71. The Kier molecular flexibility index (Phi) is 7.70. The van der Waals surface area contributed by atoms with E-state index >= 15 is 0 Å². The van der Waals surface area contributed by atoms with Gasteiger partial charge in [-0.2, -0.15) is 0 Å². The summed E-state index contributed by atoms with van der Waals surface area (Å²) in [7, 11) is 0. The molecule has 2 aromatic rings. The fraction of sp³-hybridized carbons (Fsp3) is 0.524. The Labute approximate surface area is 160 Å². The van der Waals surface area contributed by atoms with Crippen molar-refractivity contribution in [2.75, 3.05) is 13.2 Å². The lowest BCUT2D eigenvalue weighted by Gasteiger charge is -2.09. The maximum Gasteiger partial charge on any atom is 0.306 e. The molecule has 0 unspecified atom stereocenters. The molecule has 27 heavy (non-hydrogen) atoms. The predicted octanol–water partition coefficient (Wildman–Crippen LogP) is 3.54. The number of carbonyl (C=O) groups is 2. The molecule has 0 aliphatic carbocycles. The van der Waals surface area contributed by atoms with Crippen molar-refractivity contribution in [2.45, 2.75) is 59.8 Å². The van der Waals surface area contributed by atoms with Gasteiger partial charge in [-0.3, -0.25) is 9.59 Å². The number of carbonyl (C=O) groups excluding carboxylic acids is 2. The minimum Gasteiger partial charge on any atom is -0.466 e. The lowest BCUT2D eigenvalue weighted by molar-refractivity contribution is -0.144. The summed E-state index contributed by atoms with van der Waals surface area (Å²) in [5.74, 6) is -0.343. The molecule has 0 saturated carbocycles. The highest BCUT2D eigenvalue weighted by molar-refractivity contribution is 5.70. The van der Waals surface area contributed by atoms with Crippen LogP contribution < -0.4 is 0 Å². The van der Waals surface area contributed by atoms with Crippen molar-refractivity contribution in [3.63, 3.8) is 0 Å². The second-order valence-corrected chi connectivity index (χ2v) is 6.64. The monoisotopic (exact) mass is 374 g/mol. The van der Waals surface area contributed by atoms with Crippen LogP contribution in [0, 0.1) is 13.8 Å². The average molecular weight is 374 g/mol. The van der Waals surface area contributed by atoms with E-state index in [-0.39, 0.29) is 11.9 Å². The first-order valence-corrected chi connectivity index (χ1v) is 9.58. The molecule has 0 saturated heterocycles. The fourth-order valence-corrected chi connectivity index (χ4v) is 3.32. The van der Waals surface area contributed by atoms with Gasteiger partial charge in [0.05, 0.1) is 13.2 Å². The Bertz CT molecular complexity index is 709. The van der Waals surface area contributed by atoms with E-state index in [1.807, 2.05) is 40.1 Å². The molecule has 0 spiro atoms. The molecular formula is C21H30N2O4. The number of aromatic nitrogens is 2. The Hall–Kier alpha value is -2.50. The maximum atomic E-state index is 11.7. The lowest BCUT2D eigenvalue weighted by atomic mass is 9.99. The van der Waals surface area contributed by atoms with Crippen LogP contribution in [0.25, 0.3) is 0 Å². The second-order valence-electron chi connectivity index (χ2n) is 6.64. The van der Waals surface area contributed by atoms with Crippen LogP contribution in [0.2, 0.25) is 0 Å². The van der Waals surface area contributed by atoms with Crippen LogP contribution in [0.4, 0.5) is 0 Å². The molecule has 0 bridgehead atoms. The van der Waals surface area contributed by atoms with Crippen molar-refractivity contribution in [3.8, 4) is 0 Å². The zero-order valence-corrected chi connectivity index (χ0v) is 16.7. The van der Waals surface area contributed by atoms with Crippen molar-refractivity contribution in [1.29, 1.82) is 0 Å². The van der Waals surface area contributed by atoms with Gasteiger partial charge >= 0.3 is 11.9 Å². The minimum absolute atomic E-state index is 0.171. The maximum absolute atomic E-state index is 11.7. The molecule has 148 valence electrons. The van der Waals surface area contributed by atoms with Crippen LogP contribution in [0.1, 0.15) is 60.3 Å². The van der Waals surface area contributed by atoms with E-state index in [2.05, 4.69) is 9.97 Å². The summed E-state index contributed by atoms with van der Waals surface area (Å²) in [6.45, 7) is 8.53. The van der Waals surface area contributed by atoms with Gasteiger partial charge < -0.3 is 19.4 Å². The molecule has 0 aliphatic rings. The van der Waals surface area contributed by atoms with E-state index < -0.39 is 0 Å². The Morgan fingerprint density at radius 3 is 1.59 bits per heavy atom. The summed E-state index contributed by atoms with van der Waals surface area (Å²) in [6, 6.07) is 0. The molecule has 6 nitrogen and oxygen atoms in total. The van der Waals surface area contributed by atoms with Gasteiger partial charge in [0.2, 0.25) is 0 Å². The first kappa shape index (κ1) is 20.8. The third-order valence-electron chi connectivity index (χ3n) is 4.73. The number of rotatable bonds is 10. The smallest absolute Gasteiger partial charge is 0.306 e. The number of aromatic amines is 2. The van der Waals surface area contributed by atoms with Crippen molar-refractivity contribution < 1.29 is 19.1 Å². The van der Waals surface area contributed by atoms with Gasteiger partial charge in [0.25, 0.3) is 0 Å². The summed E-state index contributed by atoms with van der Waals surface area (Å²) in [5, 5.41) is 0. The van der Waals surface area contributed by atoms with Crippen LogP contribution in [-0.2, 0) is 38.3 Å². The van der Waals surface area contributed by atoms with Gasteiger partial charge in [0.1, 0.15) is 0 Å². The highest BCUT2D eigenvalue weighted by atomic mass is 16.5. The number of esters is 2. The molecule has 0 radical (unpaired) electrons. The minimum atomic E-state index is -0.171. The van der Waals surface area contributed by atoms with Gasteiger partial charge in [-0.25, -0.2) is 0 Å². The fourth-order valence-electron chi connectivity index (χ4n) is 3.32. The van der Waals surface area contributed by atoms with Crippen molar-refractivity contribution in [1.82, 2.24) is 9.97 Å². The highest BCUT2D eigenvalue weighted by Crippen LogP contribution is 2.23. The van der Waals surface area contributed by atoms with Gasteiger partial charge in [-0.1, -0.05) is 0 Å². The Morgan fingerprint density at radius 1 is 0.815 bits per heavy atom. The largest absolute Gasteiger partial charge is 0.466 e. The Balaban J connectivity index is 2.09. The lowest BCUT2D eigenvalue weighted by Crippen LogP contribution is -2.08. The van der Waals surface area contributed by atoms with E-state index in [9.17, 15) is 9.59 Å². The zero-order valence-electron chi connectivity index (χ0n) is 16.7. The number of aryl methyl sites for hydroxylation is 2. The van der Waals surface area contributed by atoms with Crippen LogP contribution in [0.5, 0.6) is 0 Å². The van der Waals surface area contributed by atoms with E-state index in [1.54, 1.807) is 0 Å². The number of hydrogen-bond donors (Lipinski definition) is 2. The third kappa shape index (κ3) is 5.74. The molecule has 2 rings (SSSR count). The number of ether oxygens (including phenoxy) is 2. The first-order chi connectivity index (χ1) is 13.0. The normalized spacial score (nSPS) is 10.8. The van der Waals surface area contributed by atoms with Crippen LogP contribution in [0.15, 0.2) is 12.4 Å². The van der Waals surface area contributed by atoms with E-state index in [0.29, 0.717) is 45.3 Å². The Morgan fingerprint density at radius 2 is 1.22 bits per heavy atom. The van der Waals surface area contributed by atoms with E-state index in [1.165, 1.54) is 0 Å². The highest BCUT2D eigenvalue weighted by Gasteiger charge is 2.16. The molecular weight excluding hydrogens is 344 g/mol. The molecule has 6 heteroatoms. The molecule has 2 N–H and O–H groups in total. The predicted molar refractivity (Wildman–Crippen MR) is 104 cm³/mol. The van der Waals surface area contributed by atoms with Crippen molar-refractivity contribution in [2.24, 2.45) is 0 Å². The van der Waals surface area contributed by atoms with E-state index in [0.717, 1.165) is 33.6 Å². The van der Waals surface area contributed by atoms with Crippen LogP contribution in [0.3, 0.4) is 0 Å². The molecule has 2 heterocycles. The molecule has 2 aromatic heterocycles. The SMILES string of the molecule is CCOC(=O)CCc1c(C)c[nH]c1Cc1[nH]cc(C)c1CCC(=O)OCC. The van der Waals surface area contributed by atoms with Gasteiger partial charge in [0.15, 0.2) is 0 Å². The zero-order chi connectivity index (χ0) is 19.8. The molecule has 0 amide bonds. The van der Waals surface area contributed by atoms with Gasteiger partial charge in [0, 0.05) is 43.0 Å².